The number of carboxylic acids is 1. The van der Waals surface area contributed by atoms with Crippen molar-refractivity contribution in [2.45, 2.75) is 51.5 Å². The molecule has 96 valence electrons. The molecule has 0 bridgehead atoms. The highest BCUT2D eigenvalue weighted by atomic mass is 16.4. The van der Waals surface area contributed by atoms with Gasteiger partial charge in [0.2, 0.25) is 5.91 Å². The average Bonchev–Trinajstić information content (AvgIpc) is 2.85. The third kappa shape index (κ3) is 3.20. The van der Waals surface area contributed by atoms with Crippen LogP contribution in [0.1, 0.15) is 45.4 Å². The number of amides is 1. The Morgan fingerprint density at radius 2 is 1.94 bits per heavy atom. The molecule has 0 radical (unpaired) electrons. The van der Waals surface area contributed by atoms with E-state index in [0.717, 1.165) is 37.5 Å². The van der Waals surface area contributed by atoms with Crippen molar-refractivity contribution in [3.63, 3.8) is 0 Å². The molecule has 3 unspecified atom stereocenters. The van der Waals surface area contributed by atoms with Crippen LogP contribution in [0.4, 0.5) is 0 Å². The zero-order valence-electron chi connectivity index (χ0n) is 10.3. The monoisotopic (exact) mass is 239 g/mol. The van der Waals surface area contributed by atoms with Crippen molar-refractivity contribution in [1.82, 2.24) is 5.32 Å². The van der Waals surface area contributed by atoms with Crippen LogP contribution in [0.5, 0.6) is 0 Å². The number of carbonyl (C=O) groups excluding carboxylic acids is 1. The van der Waals surface area contributed by atoms with E-state index >= 15 is 0 Å². The molecule has 0 spiro atoms. The van der Waals surface area contributed by atoms with E-state index in [-0.39, 0.29) is 24.3 Å². The van der Waals surface area contributed by atoms with Crippen molar-refractivity contribution in [2.75, 3.05) is 0 Å². The third-order valence-corrected chi connectivity index (χ3v) is 4.02. The predicted octanol–water partition coefficient (Wildman–Crippen LogP) is 1.79. The number of rotatable bonds is 6. The minimum Gasteiger partial charge on any atom is -0.481 e. The number of carbonyl (C=O) groups is 2. The van der Waals surface area contributed by atoms with Gasteiger partial charge in [-0.3, -0.25) is 9.59 Å². The Labute approximate surface area is 102 Å². The first-order valence-corrected chi connectivity index (χ1v) is 6.62. The number of nitrogens with one attached hydrogen (secondary N) is 1. The smallest absolute Gasteiger partial charge is 0.305 e. The summed E-state index contributed by atoms with van der Waals surface area (Å²) in [6.07, 6.45) is 5.02. The molecule has 2 N–H and O–H groups in total. The SMILES string of the molecule is CCCC(CC(=O)O)NC(=O)C1CC2CC2C1. The fourth-order valence-corrected chi connectivity index (χ4v) is 3.03. The van der Waals surface area contributed by atoms with Gasteiger partial charge < -0.3 is 10.4 Å². The average molecular weight is 239 g/mol. The molecule has 2 aliphatic rings. The summed E-state index contributed by atoms with van der Waals surface area (Å²) in [5.41, 5.74) is 0. The summed E-state index contributed by atoms with van der Waals surface area (Å²) in [6, 6.07) is -0.193. The van der Waals surface area contributed by atoms with Gasteiger partial charge >= 0.3 is 5.97 Å². The van der Waals surface area contributed by atoms with E-state index in [1.165, 1.54) is 6.42 Å². The summed E-state index contributed by atoms with van der Waals surface area (Å²) in [5, 5.41) is 11.7. The highest BCUT2D eigenvalue weighted by Crippen LogP contribution is 2.54. The van der Waals surface area contributed by atoms with Crippen LogP contribution in [0.25, 0.3) is 0 Å². The molecule has 4 heteroatoms. The lowest BCUT2D eigenvalue weighted by atomic mass is 10.0. The molecule has 0 aromatic carbocycles. The number of fused-ring (bicyclic) bond motifs is 1. The molecular formula is C13H21NO3. The van der Waals surface area contributed by atoms with Gasteiger partial charge in [-0.25, -0.2) is 0 Å². The van der Waals surface area contributed by atoms with Crippen LogP contribution < -0.4 is 5.32 Å². The van der Waals surface area contributed by atoms with Gasteiger partial charge in [0.1, 0.15) is 0 Å². The van der Waals surface area contributed by atoms with Gasteiger partial charge in [-0.05, 0) is 37.5 Å². The summed E-state index contributed by atoms with van der Waals surface area (Å²) in [4.78, 5) is 22.7. The van der Waals surface area contributed by atoms with Crippen molar-refractivity contribution in [3.8, 4) is 0 Å². The van der Waals surface area contributed by atoms with E-state index in [4.69, 9.17) is 5.11 Å². The fourth-order valence-electron chi connectivity index (χ4n) is 3.03. The van der Waals surface area contributed by atoms with E-state index in [1.54, 1.807) is 0 Å². The highest BCUT2D eigenvalue weighted by molar-refractivity contribution is 5.80. The molecule has 0 aliphatic heterocycles. The van der Waals surface area contributed by atoms with Crippen molar-refractivity contribution in [2.24, 2.45) is 17.8 Å². The topological polar surface area (TPSA) is 66.4 Å². The van der Waals surface area contributed by atoms with E-state index < -0.39 is 5.97 Å². The molecule has 0 aromatic rings. The summed E-state index contributed by atoms with van der Waals surface area (Å²) in [6.45, 7) is 2.01. The largest absolute Gasteiger partial charge is 0.481 e. The zero-order chi connectivity index (χ0) is 12.4. The quantitative estimate of drug-likeness (QED) is 0.742. The molecule has 0 heterocycles. The lowest BCUT2D eigenvalue weighted by Crippen LogP contribution is -2.39. The second-order valence-corrected chi connectivity index (χ2v) is 5.52. The van der Waals surface area contributed by atoms with Crippen molar-refractivity contribution in [1.29, 1.82) is 0 Å². The maximum absolute atomic E-state index is 12.0. The zero-order valence-corrected chi connectivity index (χ0v) is 10.3. The summed E-state index contributed by atoms with van der Waals surface area (Å²) in [5.74, 6) is 0.964. The Morgan fingerprint density at radius 3 is 2.47 bits per heavy atom. The summed E-state index contributed by atoms with van der Waals surface area (Å²) >= 11 is 0. The fraction of sp³-hybridized carbons (Fsp3) is 0.846. The molecule has 2 saturated carbocycles. The number of carboxylic acid groups (broad SMARTS) is 1. The maximum atomic E-state index is 12.0. The van der Waals surface area contributed by atoms with Crippen molar-refractivity contribution in [3.05, 3.63) is 0 Å². The van der Waals surface area contributed by atoms with Gasteiger partial charge in [0, 0.05) is 12.0 Å². The van der Waals surface area contributed by atoms with Crippen LogP contribution in [0, 0.1) is 17.8 Å². The van der Waals surface area contributed by atoms with Crippen LogP contribution in [0.2, 0.25) is 0 Å². The normalized spacial score (nSPS) is 31.7. The van der Waals surface area contributed by atoms with E-state index in [2.05, 4.69) is 5.32 Å². The van der Waals surface area contributed by atoms with E-state index in [1.807, 2.05) is 6.92 Å². The molecule has 0 saturated heterocycles. The molecule has 2 aliphatic carbocycles. The second-order valence-electron chi connectivity index (χ2n) is 5.52. The Bertz CT molecular complexity index is 306. The molecule has 2 rings (SSSR count). The Kier molecular flexibility index (Phi) is 3.69. The molecule has 2 fully saturated rings. The predicted molar refractivity (Wildman–Crippen MR) is 63.4 cm³/mol. The number of hydrogen-bond donors (Lipinski definition) is 2. The number of hydrogen-bond acceptors (Lipinski definition) is 2. The molecule has 3 atom stereocenters. The molecule has 4 nitrogen and oxygen atoms in total. The molecule has 1 amide bonds. The van der Waals surface area contributed by atoms with Crippen molar-refractivity contribution < 1.29 is 14.7 Å². The van der Waals surface area contributed by atoms with Gasteiger partial charge in [0.15, 0.2) is 0 Å². The summed E-state index contributed by atoms with van der Waals surface area (Å²) in [7, 11) is 0. The van der Waals surface area contributed by atoms with E-state index in [9.17, 15) is 9.59 Å². The maximum Gasteiger partial charge on any atom is 0.305 e. The van der Waals surface area contributed by atoms with Gasteiger partial charge in [0.25, 0.3) is 0 Å². The van der Waals surface area contributed by atoms with E-state index in [0.29, 0.717) is 0 Å². The van der Waals surface area contributed by atoms with Gasteiger partial charge in [-0.1, -0.05) is 13.3 Å². The van der Waals surface area contributed by atoms with Crippen molar-refractivity contribution >= 4 is 11.9 Å². The number of aliphatic carboxylic acids is 1. The first-order valence-electron chi connectivity index (χ1n) is 6.62. The lowest BCUT2D eigenvalue weighted by Gasteiger charge is -2.19. The first kappa shape index (κ1) is 12.4. The van der Waals surface area contributed by atoms with Crippen LogP contribution in [-0.4, -0.2) is 23.0 Å². The first-order chi connectivity index (χ1) is 8.10. The van der Waals surface area contributed by atoms with Crippen LogP contribution in [-0.2, 0) is 9.59 Å². The Balaban J connectivity index is 1.79. The summed E-state index contributed by atoms with van der Waals surface area (Å²) < 4.78 is 0. The molecule has 17 heavy (non-hydrogen) atoms. The Morgan fingerprint density at radius 1 is 1.29 bits per heavy atom. The Hall–Kier alpha value is -1.06. The van der Waals surface area contributed by atoms with Gasteiger partial charge in [-0.15, -0.1) is 0 Å². The third-order valence-electron chi connectivity index (χ3n) is 4.02. The van der Waals surface area contributed by atoms with Crippen LogP contribution in [0.3, 0.4) is 0 Å². The standard InChI is InChI=1S/C13H21NO3/c1-2-3-11(7-12(15)16)14-13(17)10-5-8-4-9(8)6-10/h8-11H,2-7H2,1H3,(H,14,17)(H,15,16). The minimum absolute atomic E-state index is 0.0408. The van der Waals surface area contributed by atoms with Crippen LogP contribution >= 0.6 is 0 Å². The second kappa shape index (κ2) is 5.07. The lowest BCUT2D eigenvalue weighted by molar-refractivity contribution is -0.137. The molecular weight excluding hydrogens is 218 g/mol. The highest BCUT2D eigenvalue weighted by Gasteiger charge is 2.48. The molecule has 0 aromatic heterocycles. The minimum atomic E-state index is -0.835. The van der Waals surface area contributed by atoms with Gasteiger partial charge in [0.05, 0.1) is 6.42 Å². The van der Waals surface area contributed by atoms with Gasteiger partial charge in [-0.2, -0.15) is 0 Å². The van der Waals surface area contributed by atoms with Crippen LogP contribution in [0.15, 0.2) is 0 Å².